The number of benzene rings is 2. The summed E-state index contributed by atoms with van der Waals surface area (Å²) in [6, 6.07) is 12.9. The predicted molar refractivity (Wildman–Crippen MR) is 105 cm³/mol. The van der Waals surface area contributed by atoms with Crippen LogP contribution in [0.2, 0.25) is 10.0 Å². The molecule has 0 aliphatic carbocycles. The molecule has 3 N–H and O–H groups in total. The average molecular weight is 393 g/mol. The van der Waals surface area contributed by atoms with Crippen molar-refractivity contribution >= 4 is 51.7 Å². The van der Waals surface area contributed by atoms with Crippen molar-refractivity contribution in [1.82, 2.24) is 4.98 Å². The third kappa shape index (κ3) is 5.09. The van der Waals surface area contributed by atoms with Gasteiger partial charge in [-0.15, -0.1) is 11.3 Å². The Kier molecular flexibility index (Phi) is 5.75. The topological polar surface area (TPSA) is 72.5 Å². The number of nitrogen functional groups attached to an aromatic ring is 1. The normalized spacial score (nSPS) is 11.0. The first-order valence-electron chi connectivity index (χ1n) is 7.27. The number of nitrogens with zero attached hydrogens (tertiary/aromatic N) is 2. The Morgan fingerprint density at radius 3 is 2.68 bits per heavy atom. The molecule has 0 unspecified atom stereocenters. The highest BCUT2D eigenvalue weighted by molar-refractivity contribution is 7.14. The van der Waals surface area contributed by atoms with Gasteiger partial charge in [0.05, 0.1) is 6.21 Å². The molecule has 0 radical (unpaired) electrons. The van der Waals surface area contributed by atoms with Gasteiger partial charge in [-0.05, 0) is 42.0 Å². The van der Waals surface area contributed by atoms with Crippen LogP contribution in [0, 0.1) is 0 Å². The van der Waals surface area contributed by atoms with Gasteiger partial charge in [0, 0.05) is 21.0 Å². The Morgan fingerprint density at radius 1 is 1.20 bits per heavy atom. The van der Waals surface area contributed by atoms with Gasteiger partial charge in [0.15, 0.2) is 0 Å². The van der Waals surface area contributed by atoms with E-state index >= 15 is 0 Å². The van der Waals surface area contributed by atoms with E-state index in [4.69, 9.17) is 33.7 Å². The molecule has 3 aromatic rings. The molecular weight excluding hydrogens is 379 g/mol. The Hall–Kier alpha value is -2.28. The quantitative estimate of drug-likeness (QED) is 0.454. The smallest absolute Gasteiger partial charge is 0.205 e. The molecule has 0 fully saturated rings. The van der Waals surface area contributed by atoms with Crippen molar-refractivity contribution in [2.75, 3.05) is 11.2 Å². The molecule has 0 saturated carbocycles. The van der Waals surface area contributed by atoms with Gasteiger partial charge in [-0.3, -0.25) is 5.43 Å². The second-order valence-electron chi connectivity index (χ2n) is 5.04. The van der Waals surface area contributed by atoms with E-state index in [0.717, 1.165) is 16.9 Å². The molecule has 0 aliphatic rings. The van der Waals surface area contributed by atoms with Crippen LogP contribution in [-0.2, 0) is 6.61 Å². The van der Waals surface area contributed by atoms with Crippen molar-refractivity contribution in [1.29, 1.82) is 0 Å². The van der Waals surface area contributed by atoms with Gasteiger partial charge in [-0.2, -0.15) is 5.10 Å². The summed E-state index contributed by atoms with van der Waals surface area (Å²) in [5.74, 6) is 1.22. The van der Waals surface area contributed by atoms with Gasteiger partial charge in [-0.1, -0.05) is 29.3 Å². The molecule has 0 amide bonds. The Labute approximate surface area is 159 Å². The highest BCUT2D eigenvalue weighted by Crippen LogP contribution is 2.23. The molecule has 25 heavy (non-hydrogen) atoms. The Morgan fingerprint density at radius 2 is 2.00 bits per heavy atom. The molecule has 0 aliphatic heterocycles. The first-order valence-corrected chi connectivity index (χ1v) is 8.90. The molecule has 0 atom stereocenters. The summed E-state index contributed by atoms with van der Waals surface area (Å²) in [5.41, 5.74) is 10.2. The van der Waals surface area contributed by atoms with E-state index < -0.39 is 0 Å². The van der Waals surface area contributed by atoms with Crippen LogP contribution in [-0.4, -0.2) is 11.2 Å². The SMILES string of the molecule is Nc1csc(NN=Cc2ccc(OCc3ccc(Cl)cc3Cl)cc2)n1. The third-order valence-electron chi connectivity index (χ3n) is 3.19. The fourth-order valence-electron chi connectivity index (χ4n) is 1.95. The van der Waals surface area contributed by atoms with Crippen molar-refractivity contribution in [3.8, 4) is 5.75 Å². The van der Waals surface area contributed by atoms with Gasteiger partial charge in [0.1, 0.15) is 18.2 Å². The number of ether oxygens (including phenoxy) is 1. The number of nitrogens with one attached hydrogen (secondary N) is 1. The summed E-state index contributed by atoms with van der Waals surface area (Å²) in [5, 5.41) is 7.70. The molecule has 3 rings (SSSR count). The van der Waals surface area contributed by atoms with Gasteiger partial charge in [-0.25, -0.2) is 4.98 Å². The summed E-state index contributed by atoms with van der Waals surface area (Å²) >= 11 is 13.4. The standard InChI is InChI=1S/C17H14Cl2N4OS/c18-13-4-3-12(15(19)7-13)9-24-14-5-1-11(2-6-14)8-21-23-17-22-16(20)10-25-17/h1-8,10H,9,20H2,(H,22,23). The number of nitrogens with two attached hydrogens (primary N) is 1. The maximum Gasteiger partial charge on any atom is 0.205 e. The minimum absolute atomic E-state index is 0.371. The highest BCUT2D eigenvalue weighted by atomic mass is 35.5. The number of hydrogen-bond acceptors (Lipinski definition) is 6. The second-order valence-corrected chi connectivity index (χ2v) is 6.74. The summed E-state index contributed by atoms with van der Waals surface area (Å²) in [7, 11) is 0. The van der Waals surface area contributed by atoms with Gasteiger partial charge in [0.2, 0.25) is 5.13 Å². The van der Waals surface area contributed by atoms with Gasteiger partial charge < -0.3 is 10.5 Å². The number of hydrogen-bond donors (Lipinski definition) is 2. The first-order chi connectivity index (χ1) is 12.1. The van der Waals surface area contributed by atoms with Crippen molar-refractivity contribution in [2.45, 2.75) is 6.61 Å². The number of aromatic nitrogens is 1. The number of anilines is 2. The van der Waals surface area contributed by atoms with Crippen LogP contribution >= 0.6 is 34.5 Å². The van der Waals surface area contributed by atoms with Crippen molar-refractivity contribution < 1.29 is 4.74 Å². The fourth-order valence-corrected chi connectivity index (χ4v) is 2.96. The minimum atomic E-state index is 0.371. The summed E-state index contributed by atoms with van der Waals surface area (Å²) < 4.78 is 5.73. The molecule has 8 heteroatoms. The monoisotopic (exact) mass is 392 g/mol. The van der Waals surface area contributed by atoms with E-state index in [1.165, 1.54) is 11.3 Å². The molecule has 128 valence electrons. The molecule has 1 aromatic heterocycles. The summed E-state index contributed by atoms with van der Waals surface area (Å²) in [6.07, 6.45) is 1.69. The lowest BCUT2D eigenvalue weighted by Crippen LogP contribution is -1.96. The largest absolute Gasteiger partial charge is 0.489 e. The van der Waals surface area contributed by atoms with Crippen LogP contribution in [0.15, 0.2) is 52.9 Å². The zero-order valence-corrected chi connectivity index (χ0v) is 15.3. The van der Waals surface area contributed by atoms with Crippen molar-refractivity contribution in [2.24, 2.45) is 5.10 Å². The second kappa shape index (κ2) is 8.20. The number of thiazole rings is 1. The lowest BCUT2D eigenvalue weighted by Gasteiger charge is -2.08. The van der Waals surface area contributed by atoms with E-state index in [9.17, 15) is 0 Å². The van der Waals surface area contributed by atoms with Crippen LogP contribution in [0.4, 0.5) is 10.9 Å². The molecule has 0 spiro atoms. The predicted octanol–water partition coefficient (Wildman–Crippen LogP) is 5.06. The number of rotatable bonds is 6. The van der Waals surface area contributed by atoms with E-state index in [1.807, 2.05) is 30.3 Å². The van der Waals surface area contributed by atoms with E-state index in [2.05, 4.69) is 15.5 Å². The molecule has 2 aromatic carbocycles. The third-order valence-corrected chi connectivity index (χ3v) is 4.54. The molecular formula is C17H14Cl2N4OS. The highest BCUT2D eigenvalue weighted by Gasteiger charge is 2.02. The van der Waals surface area contributed by atoms with Crippen LogP contribution in [0.3, 0.4) is 0 Å². The fraction of sp³-hybridized carbons (Fsp3) is 0.0588. The number of hydrazone groups is 1. The van der Waals surface area contributed by atoms with Crippen LogP contribution in [0.1, 0.15) is 11.1 Å². The Bertz CT molecular complexity index is 881. The zero-order valence-electron chi connectivity index (χ0n) is 12.9. The van der Waals surface area contributed by atoms with E-state index in [-0.39, 0.29) is 0 Å². The molecule has 0 saturated heterocycles. The summed E-state index contributed by atoms with van der Waals surface area (Å²) in [4.78, 5) is 4.05. The maximum atomic E-state index is 6.13. The average Bonchev–Trinajstić information content (AvgIpc) is 3.01. The van der Waals surface area contributed by atoms with Gasteiger partial charge >= 0.3 is 0 Å². The first kappa shape index (κ1) is 17.5. The molecule has 5 nitrogen and oxygen atoms in total. The van der Waals surface area contributed by atoms with Crippen LogP contribution < -0.4 is 15.9 Å². The summed E-state index contributed by atoms with van der Waals surface area (Å²) in [6.45, 7) is 0.371. The van der Waals surface area contributed by atoms with E-state index in [0.29, 0.717) is 27.6 Å². The molecule has 1 heterocycles. The Balaban J connectivity index is 1.54. The van der Waals surface area contributed by atoms with Crippen molar-refractivity contribution in [3.05, 3.63) is 69.0 Å². The van der Waals surface area contributed by atoms with E-state index in [1.54, 1.807) is 23.7 Å². The lowest BCUT2D eigenvalue weighted by atomic mass is 10.2. The van der Waals surface area contributed by atoms with Crippen LogP contribution in [0.25, 0.3) is 0 Å². The lowest BCUT2D eigenvalue weighted by molar-refractivity contribution is 0.306. The van der Waals surface area contributed by atoms with Gasteiger partial charge in [0.25, 0.3) is 0 Å². The minimum Gasteiger partial charge on any atom is -0.489 e. The maximum absolute atomic E-state index is 6.13. The van der Waals surface area contributed by atoms with Crippen LogP contribution in [0.5, 0.6) is 5.75 Å². The van der Waals surface area contributed by atoms with Crippen molar-refractivity contribution in [3.63, 3.8) is 0 Å². The molecule has 0 bridgehead atoms. The zero-order chi connectivity index (χ0) is 17.6. The number of halogens is 2.